The van der Waals surface area contributed by atoms with E-state index in [1.54, 1.807) is 72.8 Å². The molecule has 1 aliphatic heterocycles. The van der Waals surface area contributed by atoms with Crippen molar-refractivity contribution in [2.75, 3.05) is 5.32 Å². The first-order chi connectivity index (χ1) is 14.5. The summed E-state index contributed by atoms with van der Waals surface area (Å²) in [6.45, 7) is 1.48. The summed E-state index contributed by atoms with van der Waals surface area (Å²) >= 11 is 0. The zero-order chi connectivity index (χ0) is 21.3. The Hall–Kier alpha value is -4.06. The third kappa shape index (κ3) is 3.28. The average Bonchev–Trinajstić information content (AvgIpc) is 3.04. The zero-order valence-corrected chi connectivity index (χ0v) is 16.2. The number of amides is 3. The molecule has 3 aromatic carbocycles. The molecule has 0 saturated carbocycles. The van der Waals surface area contributed by atoms with Gasteiger partial charge in [0.1, 0.15) is 6.04 Å². The summed E-state index contributed by atoms with van der Waals surface area (Å²) in [5.74, 6) is -1.81. The van der Waals surface area contributed by atoms with Gasteiger partial charge in [0.2, 0.25) is 5.91 Å². The van der Waals surface area contributed by atoms with E-state index in [0.29, 0.717) is 16.8 Å². The first-order valence-electron chi connectivity index (χ1n) is 9.45. The fourth-order valence-electron chi connectivity index (χ4n) is 3.45. The fraction of sp³-hybridized carbons (Fsp3) is 0.0833. The Bertz CT molecular complexity index is 1140. The third-order valence-electron chi connectivity index (χ3n) is 5.06. The molecule has 6 nitrogen and oxygen atoms in total. The molecule has 0 spiro atoms. The van der Waals surface area contributed by atoms with Crippen LogP contribution < -0.4 is 5.32 Å². The average molecular weight is 398 g/mol. The first kappa shape index (κ1) is 19.3. The summed E-state index contributed by atoms with van der Waals surface area (Å²) < 4.78 is 0. The van der Waals surface area contributed by atoms with Crippen molar-refractivity contribution in [1.29, 1.82) is 0 Å². The number of para-hydroxylation sites is 1. The smallest absolute Gasteiger partial charge is 0.262 e. The molecule has 0 radical (unpaired) electrons. The number of hydrogen-bond donors (Lipinski definition) is 1. The van der Waals surface area contributed by atoms with Gasteiger partial charge in [-0.1, -0.05) is 54.6 Å². The van der Waals surface area contributed by atoms with Gasteiger partial charge in [-0.2, -0.15) is 0 Å². The summed E-state index contributed by atoms with van der Waals surface area (Å²) in [6, 6.07) is 20.8. The molecule has 3 amide bonds. The maximum absolute atomic E-state index is 12.9. The monoisotopic (exact) mass is 398 g/mol. The van der Waals surface area contributed by atoms with E-state index in [-0.39, 0.29) is 16.9 Å². The standard InChI is InChI=1S/C24H18N2O4/c1-15(26-23(29)17-11-5-6-12-18(17)24(26)30)22(28)25-20-14-8-7-13-19(20)21(27)16-9-3-2-4-10-16/h2-15H,1H3,(H,25,28)/t15-/m0/s1. The topological polar surface area (TPSA) is 83.6 Å². The maximum atomic E-state index is 12.9. The number of imide groups is 1. The molecule has 3 aromatic rings. The number of ketones is 1. The molecule has 1 heterocycles. The van der Waals surface area contributed by atoms with Crippen LogP contribution >= 0.6 is 0 Å². The molecule has 0 saturated heterocycles. The van der Waals surface area contributed by atoms with E-state index >= 15 is 0 Å². The van der Waals surface area contributed by atoms with Crippen LogP contribution in [0.5, 0.6) is 0 Å². The van der Waals surface area contributed by atoms with Crippen molar-refractivity contribution < 1.29 is 19.2 Å². The van der Waals surface area contributed by atoms with E-state index < -0.39 is 23.8 Å². The minimum absolute atomic E-state index is 0.236. The quantitative estimate of drug-likeness (QED) is 0.526. The number of carbonyl (C=O) groups is 4. The molecule has 30 heavy (non-hydrogen) atoms. The van der Waals surface area contributed by atoms with Crippen molar-refractivity contribution in [1.82, 2.24) is 4.90 Å². The normalized spacial score (nSPS) is 13.7. The molecule has 1 aliphatic rings. The van der Waals surface area contributed by atoms with Gasteiger partial charge < -0.3 is 5.32 Å². The Labute approximate surface area is 173 Å². The SMILES string of the molecule is C[C@@H](C(=O)Nc1ccccc1C(=O)c1ccccc1)N1C(=O)c2ccccc2C1=O. The minimum Gasteiger partial charge on any atom is -0.324 e. The van der Waals surface area contributed by atoms with Crippen molar-refractivity contribution in [3.05, 3.63) is 101 Å². The largest absolute Gasteiger partial charge is 0.324 e. The lowest BCUT2D eigenvalue weighted by atomic mass is 10.0. The second-order valence-electron chi connectivity index (χ2n) is 6.93. The van der Waals surface area contributed by atoms with Crippen LogP contribution in [0, 0.1) is 0 Å². The summed E-state index contributed by atoms with van der Waals surface area (Å²) in [7, 11) is 0. The van der Waals surface area contributed by atoms with Gasteiger partial charge >= 0.3 is 0 Å². The summed E-state index contributed by atoms with van der Waals surface area (Å²) in [5, 5.41) is 2.70. The van der Waals surface area contributed by atoms with E-state index in [2.05, 4.69) is 5.32 Å². The number of hydrogen-bond acceptors (Lipinski definition) is 4. The van der Waals surface area contributed by atoms with Gasteiger partial charge in [-0.3, -0.25) is 24.1 Å². The highest BCUT2D eigenvalue weighted by Gasteiger charge is 2.40. The highest BCUT2D eigenvalue weighted by atomic mass is 16.2. The molecule has 6 heteroatoms. The summed E-state index contributed by atoms with van der Waals surface area (Å²) in [6.07, 6.45) is 0. The van der Waals surface area contributed by atoms with E-state index in [1.165, 1.54) is 6.92 Å². The molecule has 0 aromatic heterocycles. The number of rotatable bonds is 5. The van der Waals surface area contributed by atoms with E-state index in [4.69, 9.17) is 0 Å². The lowest BCUT2D eigenvalue weighted by Gasteiger charge is -2.22. The van der Waals surface area contributed by atoms with Crippen LogP contribution in [0.4, 0.5) is 5.69 Å². The van der Waals surface area contributed by atoms with Gasteiger partial charge in [-0.25, -0.2) is 0 Å². The van der Waals surface area contributed by atoms with Gasteiger partial charge in [0, 0.05) is 11.1 Å². The predicted octanol–water partition coefficient (Wildman–Crippen LogP) is 3.54. The summed E-state index contributed by atoms with van der Waals surface area (Å²) in [5.41, 5.74) is 1.70. The highest BCUT2D eigenvalue weighted by Crippen LogP contribution is 2.26. The second kappa shape index (κ2) is 7.75. The highest BCUT2D eigenvalue weighted by molar-refractivity contribution is 6.23. The number of carbonyl (C=O) groups excluding carboxylic acids is 4. The maximum Gasteiger partial charge on any atom is 0.262 e. The fourth-order valence-corrected chi connectivity index (χ4v) is 3.45. The van der Waals surface area contributed by atoms with Crippen molar-refractivity contribution >= 4 is 29.2 Å². The predicted molar refractivity (Wildman–Crippen MR) is 111 cm³/mol. The lowest BCUT2D eigenvalue weighted by molar-refractivity contribution is -0.119. The van der Waals surface area contributed by atoms with Crippen molar-refractivity contribution in [2.24, 2.45) is 0 Å². The molecule has 1 atom stereocenters. The van der Waals surface area contributed by atoms with Crippen LogP contribution in [-0.4, -0.2) is 34.4 Å². The third-order valence-corrected chi connectivity index (χ3v) is 5.06. The molecule has 0 unspecified atom stereocenters. The molecule has 0 bridgehead atoms. The van der Waals surface area contributed by atoms with Crippen LogP contribution in [0.25, 0.3) is 0 Å². The second-order valence-corrected chi connectivity index (χ2v) is 6.93. The Morgan fingerprint density at radius 3 is 1.93 bits per heavy atom. The molecule has 148 valence electrons. The summed E-state index contributed by atoms with van der Waals surface area (Å²) in [4.78, 5) is 52.0. The van der Waals surface area contributed by atoms with E-state index in [9.17, 15) is 19.2 Å². The lowest BCUT2D eigenvalue weighted by Crippen LogP contribution is -2.45. The number of fused-ring (bicyclic) bond motifs is 1. The molecule has 0 aliphatic carbocycles. The number of anilines is 1. The molecule has 4 rings (SSSR count). The number of nitrogens with zero attached hydrogens (tertiary/aromatic N) is 1. The Balaban J connectivity index is 1.58. The van der Waals surface area contributed by atoms with Gasteiger partial charge in [-0.15, -0.1) is 0 Å². The van der Waals surface area contributed by atoms with Crippen LogP contribution in [0.15, 0.2) is 78.9 Å². The Morgan fingerprint density at radius 2 is 1.30 bits per heavy atom. The van der Waals surface area contributed by atoms with Gasteiger partial charge in [0.25, 0.3) is 11.8 Å². The van der Waals surface area contributed by atoms with Crippen LogP contribution in [-0.2, 0) is 4.79 Å². The molecular weight excluding hydrogens is 380 g/mol. The van der Waals surface area contributed by atoms with E-state index in [1.807, 2.05) is 6.07 Å². The zero-order valence-electron chi connectivity index (χ0n) is 16.2. The number of nitrogens with one attached hydrogen (secondary N) is 1. The van der Waals surface area contributed by atoms with Gasteiger partial charge in [0.05, 0.1) is 16.8 Å². The van der Waals surface area contributed by atoms with Gasteiger partial charge in [0.15, 0.2) is 5.78 Å². The van der Waals surface area contributed by atoms with Crippen LogP contribution in [0.2, 0.25) is 0 Å². The Kier molecular flexibility index (Phi) is 4.98. The van der Waals surface area contributed by atoms with Crippen LogP contribution in [0.3, 0.4) is 0 Å². The minimum atomic E-state index is -1.04. The van der Waals surface area contributed by atoms with Crippen molar-refractivity contribution in [2.45, 2.75) is 13.0 Å². The van der Waals surface area contributed by atoms with Crippen molar-refractivity contribution in [3.8, 4) is 0 Å². The van der Waals surface area contributed by atoms with Crippen LogP contribution in [0.1, 0.15) is 43.6 Å². The molecular formula is C24H18N2O4. The molecule has 0 fully saturated rings. The Morgan fingerprint density at radius 1 is 0.767 bits per heavy atom. The molecule has 1 N–H and O–H groups in total. The van der Waals surface area contributed by atoms with Gasteiger partial charge in [-0.05, 0) is 31.2 Å². The first-order valence-corrected chi connectivity index (χ1v) is 9.45. The van der Waals surface area contributed by atoms with E-state index in [0.717, 1.165) is 4.90 Å². The number of benzene rings is 3. The van der Waals surface area contributed by atoms with Crippen molar-refractivity contribution in [3.63, 3.8) is 0 Å².